The molecule has 0 spiro atoms. The fourth-order valence-electron chi connectivity index (χ4n) is 7.69. The smallest absolute Gasteiger partial charge is 0.00691 e. The second kappa shape index (κ2) is 11.6. The molecule has 0 amide bonds. The minimum Gasteiger partial charge on any atom is -0.0613 e. The van der Waals surface area contributed by atoms with Gasteiger partial charge in [-0.1, -0.05) is 177 Å². The van der Waals surface area contributed by atoms with Gasteiger partial charge in [-0.3, -0.25) is 0 Å². The minimum atomic E-state index is 0.155. The molecule has 0 aromatic heterocycles. The van der Waals surface area contributed by atoms with Gasteiger partial charge < -0.3 is 0 Å². The van der Waals surface area contributed by atoms with Crippen LogP contribution in [0, 0.1) is 11.8 Å². The molecule has 4 aromatic carbocycles. The Labute approximate surface area is 273 Å². The quantitative estimate of drug-likeness (QED) is 0.209. The molecule has 0 heterocycles. The van der Waals surface area contributed by atoms with Crippen molar-refractivity contribution in [2.75, 3.05) is 0 Å². The van der Waals surface area contributed by atoms with E-state index in [2.05, 4.69) is 166 Å². The molecule has 232 valence electrons. The molecule has 0 saturated carbocycles. The molecule has 0 fully saturated rings. The van der Waals surface area contributed by atoms with Crippen molar-refractivity contribution in [3.05, 3.63) is 129 Å². The zero-order valence-corrected chi connectivity index (χ0v) is 29.3. The molecule has 4 aromatic rings. The summed E-state index contributed by atoms with van der Waals surface area (Å²) in [7, 11) is 0. The van der Waals surface area contributed by atoms with Crippen LogP contribution in [-0.2, 0) is 10.8 Å². The van der Waals surface area contributed by atoms with Gasteiger partial charge in [0.2, 0.25) is 0 Å². The minimum absolute atomic E-state index is 0.155. The molecule has 2 aliphatic rings. The SMILES string of the molecule is CC(C)C1=Cc2c(-c3ccc(C(C)(C)C)cc3)cccc2C1CC1C(C(C)C)=Cc2c(-c3ccc(C(C)(C)C)cc3)cccc21. The second-order valence-electron chi connectivity index (χ2n) is 16.2. The summed E-state index contributed by atoms with van der Waals surface area (Å²) in [5.74, 6) is 1.83. The Hall–Kier alpha value is -3.64. The summed E-state index contributed by atoms with van der Waals surface area (Å²) in [4.78, 5) is 0. The van der Waals surface area contributed by atoms with E-state index in [1.807, 2.05) is 0 Å². The lowest BCUT2D eigenvalue weighted by atomic mass is 9.76. The number of fused-ring (bicyclic) bond motifs is 2. The average molecular weight is 593 g/mol. The van der Waals surface area contributed by atoms with E-state index in [0.717, 1.165) is 6.42 Å². The predicted octanol–water partition coefficient (Wildman–Crippen LogP) is 13.0. The molecule has 0 N–H and O–H groups in total. The zero-order valence-electron chi connectivity index (χ0n) is 29.3. The van der Waals surface area contributed by atoms with E-state index < -0.39 is 0 Å². The maximum atomic E-state index is 2.54. The van der Waals surface area contributed by atoms with Gasteiger partial charge in [-0.25, -0.2) is 0 Å². The van der Waals surface area contributed by atoms with Crippen LogP contribution in [0.3, 0.4) is 0 Å². The van der Waals surface area contributed by atoms with Crippen molar-refractivity contribution < 1.29 is 0 Å². The van der Waals surface area contributed by atoms with Crippen LogP contribution in [0.4, 0.5) is 0 Å². The van der Waals surface area contributed by atoms with Gasteiger partial charge in [-0.2, -0.15) is 0 Å². The maximum Gasteiger partial charge on any atom is 0.00691 e. The fourth-order valence-corrected chi connectivity index (χ4v) is 7.69. The summed E-state index contributed by atoms with van der Waals surface area (Å²) >= 11 is 0. The van der Waals surface area contributed by atoms with Gasteiger partial charge in [0, 0.05) is 11.8 Å². The van der Waals surface area contributed by atoms with Gasteiger partial charge in [0.25, 0.3) is 0 Å². The lowest BCUT2D eigenvalue weighted by molar-refractivity contribution is 0.558. The fraction of sp³-hybridized carbons (Fsp3) is 0.378. The standard InChI is InChI=1S/C45H52/c1-28(2)38-25-40-34(30-17-21-32(22-18-30)44(5,6)7)13-11-15-36(40)42(38)27-43-37-16-12-14-35(41(37)26-39(43)29(3)4)31-19-23-33(24-20-31)45(8,9)10/h11-26,28-29,42-43H,27H2,1-10H3. The highest BCUT2D eigenvalue weighted by atomic mass is 14.4. The van der Waals surface area contributed by atoms with E-state index in [1.54, 1.807) is 11.1 Å². The number of hydrogen-bond acceptors (Lipinski definition) is 0. The molecule has 0 heteroatoms. The average Bonchev–Trinajstić information content (AvgIpc) is 3.56. The van der Waals surface area contributed by atoms with E-state index in [0.29, 0.717) is 23.7 Å². The Balaban J connectivity index is 1.39. The third-order valence-electron chi connectivity index (χ3n) is 10.4. The topological polar surface area (TPSA) is 0 Å². The largest absolute Gasteiger partial charge is 0.0613 e. The van der Waals surface area contributed by atoms with Crippen LogP contribution in [0.2, 0.25) is 0 Å². The van der Waals surface area contributed by atoms with Crippen molar-refractivity contribution in [3.63, 3.8) is 0 Å². The van der Waals surface area contributed by atoms with Gasteiger partial charge in [0.15, 0.2) is 0 Å². The normalized spacial score (nSPS) is 17.9. The van der Waals surface area contributed by atoms with E-state index in [4.69, 9.17) is 0 Å². The van der Waals surface area contributed by atoms with E-state index >= 15 is 0 Å². The molecule has 0 saturated heterocycles. The van der Waals surface area contributed by atoms with Crippen molar-refractivity contribution in [2.45, 2.75) is 98.3 Å². The molecule has 0 radical (unpaired) electrons. The van der Waals surface area contributed by atoms with Crippen LogP contribution in [-0.4, -0.2) is 0 Å². The third-order valence-corrected chi connectivity index (χ3v) is 10.4. The predicted molar refractivity (Wildman–Crippen MR) is 197 cm³/mol. The van der Waals surface area contributed by atoms with Gasteiger partial charge >= 0.3 is 0 Å². The number of rotatable bonds is 6. The summed E-state index contributed by atoms with van der Waals surface area (Å²) in [6, 6.07) is 32.6. The van der Waals surface area contributed by atoms with E-state index in [1.165, 1.54) is 55.6 Å². The molecule has 6 rings (SSSR count). The van der Waals surface area contributed by atoms with Crippen molar-refractivity contribution in [1.82, 2.24) is 0 Å². The van der Waals surface area contributed by atoms with Crippen LogP contribution < -0.4 is 0 Å². The summed E-state index contributed by atoms with van der Waals surface area (Å²) in [6.07, 6.45) is 6.20. The molecular weight excluding hydrogens is 540 g/mol. The summed E-state index contributed by atoms with van der Waals surface area (Å²) in [6.45, 7) is 23.2. The first-order chi connectivity index (χ1) is 21.2. The summed E-state index contributed by atoms with van der Waals surface area (Å²) in [5, 5.41) is 0. The van der Waals surface area contributed by atoms with Crippen molar-refractivity contribution in [1.29, 1.82) is 0 Å². The van der Waals surface area contributed by atoms with Crippen molar-refractivity contribution >= 4 is 12.2 Å². The lowest BCUT2D eigenvalue weighted by Crippen LogP contribution is -2.12. The molecule has 2 unspecified atom stereocenters. The number of allylic oxidation sites excluding steroid dienone is 2. The van der Waals surface area contributed by atoms with Crippen molar-refractivity contribution in [2.24, 2.45) is 11.8 Å². The van der Waals surface area contributed by atoms with Gasteiger partial charge in [0.05, 0.1) is 0 Å². The first kappa shape index (κ1) is 31.3. The first-order valence-corrected chi connectivity index (χ1v) is 17.1. The molecule has 0 aliphatic heterocycles. The van der Waals surface area contributed by atoms with Crippen LogP contribution in [0.15, 0.2) is 96.1 Å². The van der Waals surface area contributed by atoms with Gasteiger partial charge in [0.1, 0.15) is 0 Å². The molecule has 0 bridgehead atoms. The van der Waals surface area contributed by atoms with E-state index in [-0.39, 0.29) is 10.8 Å². The molecule has 45 heavy (non-hydrogen) atoms. The first-order valence-electron chi connectivity index (χ1n) is 17.1. The van der Waals surface area contributed by atoms with Crippen LogP contribution in [0.25, 0.3) is 34.4 Å². The monoisotopic (exact) mass is 592 g/mol. The molecule has 2 aliphatic carbocycles. The number of benzene rings is 4. The Morgan fingerprint density at radius 2 is 0.844 bits per heavy atom. The highest BCUT2D eigenvalue weighted by Crippen LogP contribution is 2.53. The Morgan fingerprint density at radius 3 is 1.16 bits per heavy atom. The summed E-state index contributed by atoms with van der Waals surface area (Å²) in [5.41, 5.74) is 17.4. The van der Waals surface area contributed by atoms with Crippen LogP contribution in [0.5, 0.6) is 0 Å². The molecular formula is C45H52. The maximum absolute atomic E-state index is 2.54. The highest BCUT2D eigenvalue weighted by Gasteiger charge is 2.36. The van der Waals surface area contributed by atoms with E-state index in [9.17, 15) is 0 Å². The number of hydrogen-bond donors (Lipinski definition) is 0. The molecule has 2 atom stereocenters. The van der Waals surface area contributed by atoms with Crippen molar-refractivity contribution in [3.8, 4) is 22.3 Å². The Kier molecular flexibility index (Phi) is 8.09. The lowest BCUT2D eigenvalue weighted by Gasteiger charge is -2.27. The Bertz CT molecular complexity index is 1620. The van der Waals surface area contributed by atoms with Gasteiger partial charge in [-0.15, -0.1) is 0 Å². The summed E-state index contributed by atoms with van der Waals surface area (Å²) < 4.78 is 0. The van der Waals surface area contributed by atoms with Crippen LogP contribution in [0.1, 0.15) is 121 Å². The third kappa shape index (κ3) is 5.90. The zero-order chi connectivity index (χ0) is 32.3. The molecule has 0 nitrogen and oxygen atoms in total. The Morgan fingerprint density at radius 1 is 0.489 bits per heavy atom. The van der Waals surface area contributed by atoms with Gasteiger partial charge in [-0.05, 0) is 84.7 Å². The second-order valence-corrected chi connectivity index (χ2v) is 16.2. The van der Waals surface area contributed by atoms with Crippen LogP contribution >= 0.6 is 0 Å². The highest BCUT2D eigenvalue weighted by molar-refractivity contribution is 5.84.